The van der Waals surface area contributed by atoms with Gasteiger partial charge in [0.2, 0.25) is 0 Å². The van der Waals surface area contributed by atoms with Gasteiger partial charge in [0.25, 0.3) is 5.91 Å². The fourth-order valence-electron chi connectivity index (χ4n) is 2.58. The SMILES string of the molecule is COc1cc(/C=N\N(c2ccccc2)c2ccccc2)ccc1OCC(N)=O. The van der Waals surface area contributed by atoms with Gasteiger partial charge in [-0.1, -0.05) is 36.4 Å². The van der Waals surface area contributed by atoms with E-state index in [1.165, 1.54) is 7.11 Å². The van der Waals surface area contributed by atoms with Crippen LogP contribution in [0.2, 0.25) is 0 Å². The molecule has 0 bridgehead atoms. The molecule has 0 heterocycles. The minimum atomic E-state index is -0.547. The van der Waals surface area contributed by atoms with E-state index in [1.54, 1.807) is 18.3 Å². The zero-order valence-corrected chi connectivity index (χ0v) is 15.5. The van der Waals surface area contributed by atoms with Crippen molar-refractivity contribution in [2.45, 2.75) is 0 Å². The normalized spacial score (nSPS) is 10.6. The second-order valence-electron chi connectivity index (χ2n) is 5.89. The van der Waals surface area contributed by atoms with E-state index in [0.717, 1.165) is 16.9 Å². The first-order valence-corrected chi connectivity index (χ1v) is 8.71. The Kier molecular flexibility index (Phi) is 6.25. The minimum absolute atomic E-state index is 0.209. The Balaban J connectivity index is 1.87. The molecular weight excluding hydrogens is 354 g/mol. The summed E-state index contributed by atoms with van der Waals surface area (Å²) in [5.41, 5.74) is 7.83. The average Bonchev–Trinajstić information content (AvgIpc) is 2.74. The van der Waals surface area contributed by atoms with E-state index in [4.69, 9.17) is 15.2 Å². The highest BCUT2D eigenvalue weighted by molar-refractivity contribution is 5.83. The number of methoxy groups -OCH3 is 1. The summed E-state index contributed by atoms with van der Waals surface area (Å²) in [6.07, 6.45) is 1.74. The molecule has 0 aromatic heterocycles. The lowest BCUT2D eigenvalue weighted by atomic mass is 10.2. The number of carbonyl (C=O) groups excluding carboxylic acids is 1. The fraction of sp³-hybridized carbons (Fsp3) is 0.0909. The van der Waals surface area contributed by atoms with Crippen LogP contribution in [-0.4, -0.2) is 25.8 Å². The molecule has 0 fully saturated rings. The van der Waals surface area contributed by atoms with Gasteiger partial charge in [0.15, 0.2) is 18.1 Å². The van der Waals surface area contributed by atoms with Crippen molar-refractivity contribution in [3.63, 3.8) is 0 Å². The second kappa shape index (κ2) is 9.23. The molecule has 0 aliphatic carbocycles. The summed E-state index contributed by atoms with van der Waals surface area (Å²) in [5.74, 6) is 0.395. The van der Waals surface area contributed by atoms with Crippen molar-refractivity contribution in [3.8, 4) is 11.5 Å². The van der Waals surface area contributed by atoms with Crippen molar-refractivity contribution >= 4 is 23.5 Å². The van der Waals surface area contributed by atoms with Gasteiger partial charge in [-0.2, -0.15) is 5.10 Å². The van der Waals surface area contributed by atoms with E-state index in [-0.39, 0.29) is 6.61 Å². The van der Waals surface area contributed by atoms with Crippen LogP contribution in [0.5, 0.6) is 11.5 Å². The number of amides is 1. The summed E-state index contributed by atoms with van der Waals surface area (Å²) in [4.78, 5) is 10.9. The highest BCUT2D eigenvalue weighted by Gasteiger charge is 2.09. The maximum absolute atomic E-state index is 10.9. The Hall–Kier alpha value is -3.80. The number of para-hydroxylation sites is 2. The molecule has 0 unspecified atom stereocenters. The van der Waals surface area contributed by atoms with Crippen LogP contribution in [0.15, 0.2) is 84.0 Å². The predicted octanol–water partition coefficient (Wildman–Crippen LogP) is 3.73. The summed E-state index contributed by atoms with van der Waals surface area (Å²) in [6, 6.07) is 25.1. The van der Waals surface area contributed by atoms with Crippen molar-refractivity contribution in [1.29, 1.82) is 0 Å². The maximum atomic E-state index is 10.9. The number of nitrogens with two attached hydrogens (primary N) is 1. The van der Waals surface area contributed by atoms with Crippen molar-refractivity contribution < 1.29 is 14.3 Å². The van der Waals surface area contributed by atoms with Crippen molar-refractivity contribution in [3.05, 3.63) is 84.4 Å². The average molecular weight is 375 g/mol. The zero-order valence-electron chi connectivity index (χ0n) is 15.5. The molecule has 6 nitrogen and oxygen atoms in total. The van der Waals surface area contributed by atoms with Gasteiger partial charge in [-0.15, -0.1) is 0 Å². The lowest BCUT2D eigenvalue weighted by Crippen LogP contribution is -2.20. The Morgan fingerprint density at radius 1 is 0.964 bits per heavy atom. The van der Waals surface area contributed by atoms with Crippen LogP contribution >= 0.6 is 0 Å². The number of nitrogens with zero attached hydrogens (tertiary/aromatic N) is 2. The summed E-state index contributed by atoms with van der Waals surface area (Å²) >= 11 is 0. The van der Waals surface area contributed by atoms with Gasteiger partial charge in [0.05, 0.1) is 24.7 Å². The van der Waals surface area contributed by atoms with E-state index in [2.05, 4.69) is 5.10 Å². The smallest absolute Gasteiger partial charge is 0.255 e. The molecule has 0 radical (unpaired) electrons. The molecule has 3 aromatic carbocycles. The predicted molar refractivity (Wildman–Crippen MR) is 110 cm³/mol. The number of carbonyl (C=O) groups is 1. The number of primary amides is 1. The third-order valence-corrected chi connectivity index (χ3v) is 3.88. The van der Waals surface area contributed by atoms with Gasteiger partial charge >= 0.3 is 0 Å². The summed E-state index contributed by atoms with van der Waals surface area (Å²) in [6.45, 7) is -0.209. The maximum Gasteiger partial charge on any atom is 0.255 e. The Morgan fingerprint density at radius 2 is 1.57 bits per heavy atom. The number of hydrogen-bond donors (Lipinski definition) is 1. The Morgan fingerprint density at radius 3 is 2.11 bits per heavy atom. The Bertz CT molecular complexity index is 904. The molecule has 2 N–H and O–H groups in total. The third-order valence-electron chi connectivity index (χ3n) is 3.88. The zero-order chi connectivity index (χ0) is 19.8. The molecule has 0 spiro atoms. The van der Waals surface area contributed by atoms with Gasteiger partial charge in [-0.05, 0) is 48.0 Å². The highest BCUT2D eigenvalue weighted by Crippen LogP contribution is 2.28. The fourth-order valence-corrected chi connectivity index (χ4v) is 2.58. The molecule has 3 aromatic rings. The van der Waals surface area contributed by atoms with Crippen molar-refractivity contribution in [2.75, 3.05) is 18.7 Å². The molecule has 0 saturated carbocycles. The molecule has 0 aliphatic rings. The van der Waals surface area contributed by atoms with E-state index in [9.17, 15) is 4.79 Å². The number of rotatable bonds is 8. The first-order chi connectivity index (χ1) is 13.7. The number of benzene rings is 3. The second-order valence-corrected chi connectivity index (χ2v) is 5.89. The molecule has 1 amide bonds. The van der Waals surface area contributed by atoms with E-state index >= 15 is 0 Å². The number of anilines is 2. The number of ether oxygens (including phenoxy) is 2. The first-order valence-electron chi connectivity index (χ1n) is 8.71. The summed E-state index contributed by atoms with van der Waals surface area (Å²) in [5, 5.41) is 6.50. The molecule has 3 rings (SSSR count). The van der Waals surface area contributed by atoms with E-state index in [1.807, 2.05) is 71.7 Å². The van der Waals surface area contributed by atoms with Crippen LogP contribution in [0.4, 0.5) is 11.4 Å². The van der Waals surface area contributed by atoms with Gasteiger partial charge in [0, 0.05) is 0 Å². The topological polar surface area (TPSA) is 77.2 Å². The van der Waals surface area contributed by atoms with Gasteiger partial charge < -0.3 is 15.2 Å². The number of hydrogen-bond acceptors (Lipinski definition) is 5. The summed E-state index contributed by atoms with van der Waals surface area (Å²) in [7, 11) is 1.54. The van der Waals surface area contributed by atoms with Crippen LogP contribution in [0.3, 0.4) is 0 Å². The highest BCUT2D eigenvalue weighted by atomic mass is 16.5. The monoisotopic (exact) mass is 375 g/mol. The first kappa shape index (κ1) is 19.0. The molecule has 0 atom stereocenters. The van der Waals surface area contributed by atoms with Crippen molar-refractivity contribution in [2.24, 2.45) is 10.8 Å². The van der Waals surface area contributed by atoms with Crippen LogP contribution in [-0.2, 0) is 4.79 Å². The summed E-state index contributed by atoms with van der Waals surface area (Å²) < 4.78 is 10.7. The van der Waals surface area contributed by atoms with Crippen LogP contribution in [0.1, 0.15) is 5.56 Å². The molecule has 28 heavy (non-hydrogen) atoms. The van der Waals surface area contributed by atoms with Gasteiger partial charge in [-0.25, -0.2) is 5.01 Å². The third kappa shape index (κ3) is 4.88. The van der Waals surface area contributed by atoms with E-state index in [0.29, 0.717) is 11.5 Å². The molecule has 142 valence electrons. The van der Waals surface area contributed by atoms with E-state index < -0.39 is 5.91 Å². The van der Waals surface area contributed by atoms with Gasteiger partial charge in [-0.3, -0.25) is 4.79 Å². The minimum Gasteiger partial charge on any atom is -0.493 e. The van der Waals surface area contributed by atoms with Crippen molar-refractivity contribution in [1.82, 2.24) is 0 Å². The van der Waals surface area contributed by atoms with Gasteiger partial charge in [0.1, 0.15) is 0 Å². The molecule has 0 saturated heterocycles. The number of hydrazone groups is 1. The largest absolute Gasteiger partial charge is 0.493 e. The standard InChI is InChI=1S/C22H21N3O3/c1-27-21-14-17(12-13-20(21)28-16-22(23)26)15-24-25(18-8-4-2-5-9-18)19-10-6-3-7-11-19/h2-15H,16H2,1H3,(H2,23,26)/b24-15-. The van der Waals surface area contributed by atoms with Crippen LogP contribution in [0, 0.1) is 0 Å². The molecular formula is C22H21N3O3. The quantitative estimate of drug-likeness (QED) is 0.481. The molecule has 6 heteroatoms. The van der Waals surface area contributed by atoms with Crippen LogP contribution in [0.25, 0.3) is 0 Å². The Labute approximate surface area is 163 Å². The van der Waals surface area contributed by atoms with Crippen LogP contribution < -0.4 is 20.2 Å². The lowest BCUT2D eigenvalue weighted by molar-refractivity contribution is -0.119. The molecule has 0 aliphatic heterocycles. The lowest BCUT2D eigenvalue weighted by Gasteiger charge is -2.19.